The molecule has 1 aliphatic heterocycles. The Morgan fingerprint density at radius 1 is 1.30 bits per heavy atom. The standard InChI is InChI=1S/C25H33N3O2/c1-19(2)9-10-20(3)28-14-11-23(12-15-28)30-24-8-4-7-22(16-24)25(29)27-18-21-6-5-13-26-17-21/h4-8,13,16-17,20,23H,1,9-12,14-15,18H2,2-3H3,(H,27,29)/t20-/m1/s1. The first-order valence-corrected chi connectivity index (χ1v) is 10.8. The highest BCUT2D eigenvalue weighted by molar-refractivity contribution is 5.94. The van der Waals surface area contributed by atoms with E-state index < -0.39 is 0 Å². The summed E-state index contributed by atoms with van der Waals surface area (Å²) in [6.07, 6.45) is 7.95. The highest BCUT2D eigenvalue weighted by Gasteiger charge is 2.23. The number of piperidine rings is 1. The quantitative estimate of drug-likeness (QED) is 0.617. The second-order valence-corrected chi connectivity index (χ2v) is 8.27. The molecule has 2 aromatic rings. The molecule has 5 nitrogen and oxygen atoms in total. The smallest absolute Gasteiger partial charge is 0.251 e. The van der Waals surface area contributed by atoms with Gasteiger partial charge in [-0.15, -0.1) is 6.58 Å². The van der Waals surface area contributed by atoms with Crippen molar-refractivity contribution in [3.63, 3.8) is 0 Å². The average Bonchev–Trinajstić information content (AvgIpc) is 2.77. The minimum Gasteiger partial charge on any atom is -0.490 e. The summed E-state index contributed by atoms with van der Waals surface area (Å²) in [5, 5.41) is 2.94. The van der Waals surface area contributed by atoms with Crippen molar-refractivity contribution >= 4 is 5.91 Å². The van der Waals surface area contributed by atoms with E-state index in [1.165, 1.54) is 5.57 Å². The van der Waals surface area contributed by atoms with Crippen molar-refractivity contribution in [2.45, 2.75) is 58.2 Å². The summed E-state index contributed by atoms with van der Waals surface area (Å²) in [5.41, 5.74) is 2.84. The van der Waals surface area contributed by atoms with Gasteiger partial charge in [0.2, 0.25) is 0 Å². The lowest BCUT2D eigenvalue weighted by Crippen LogP contribution is -2.43. The highest BCUT2D eigenvalue weighted by Crippen LogP contribution is 2.22. The summed E-state index contributed by atoms with van der Waals surface area (Å²) in [7, 11) is 0. The highest BCUT2D eigenvalue weighted by atomic mass is 16.5. The van der Waals surface area contributed by atoms with Crippen LogP contribution in [0, 0.1) is 0 Å². The van der Waals surface area contributed by atoms with Gasteiger partial charge in [-0.25, -0.2) is 0 Å². The first-order chi connectivity index (χ1) is 14.5. The molecule has 30 heavy (non-hydrogen) atoms. The SMILES string of the molecule is C=C(C)CC[C@@H](C)N1CCC(Oc2cccc(C(=O)NCc3cccnc3)c2)CC1. The number of pyridine rings is 1. The fourth-order valence-electron chi connectivity index (χ4n) is 3.76. The third kappa shape index (κ3) is 6.70. The zero-order valence-corrected chi connectivity index (χ0v) is 18.1. The van der Waals surface area contributed by atoms with Gasteiger partial charge >= 0.3 is 0 Å². The molecule has 3 rings (SSSR count). The van der Waals surface area contributed by atoms with Crippen molar-refractivity contribution in [1.29, 1.82) is 0 Å². The van der Waals surface area contributed by atoms with E-state index in [2.05, 4.69) is 35.6 Å². The largest absolute Gasteiger partial charge is 0.490 e. The molecule has 1 atom stereocenters. The molecular weight excluding hydrogens is 374 g/mol. The number of amides is 1. The molecule has 1 aromatic heterocycles. The van der Waals surface area contributed by atoms with Gasteiger partial charge in [0, 0.05) is 43.6 Å². The van der Waals surface area contributed by atoms with E-state index >= 15 is 0 Å². The van der Waals surface area contributed by atoms with E-state index in [1.54, 1.807) is 12.4 Å². The van der Waals surface area contributed by atoms with Gasteiger partial charge < -0.3 is 15.0 Å². The monoisotopic (exact) mass is 407 g/mol. The van der Waals surface area contributed by atoms with Crippen molar-refractivity contribution in [2.24, 2.45) is 0 Å². The number of aromatic nitrogens is 1. The molecule has 1 aliphatic rings. The zero-order valence-electron chi connectivity index (χ0n) is 18.1. The number of ether oxygens (including phenoxy) is 1. The van der Waals surface area contributed by atoms with Gasteiger partial charge in [-0.2, -0.15) is 0 Å². The van der Waals surface area contributed by atoms with Crippen LogP contribution in [0.25, 0.3) is 0 Å². The minimum atomic E-state index is -0.106. The van der Waals surface area contributed by atoms with E-state index in [1.807, 2.05) is 36.4 Å². The van der Waals surface area contributed by atoms with Crippen LogP contribution in [0.5, 0.6) is 5.75 Å². The molecule has 0 bridgehead atoms. The van der Waals surface area contributed by atoms with Gasteiger partial charge in [0.1, 0.15) is 11.9 Å². The van der Waals surface area contributed by atoms with Crippen molar-refractivity contribution in [3.8, 4) is 5.75 Å². The van der Waals surface area contributed by atoms with Gasteiger partial charge in [0.05, 0.1) is 0 Å². The maximum atomic E-state index is 12.5. The number of carbonyl (C=O) groups is 1. The molecule has 0 radical (unpaired) electrons. The van der Waals surface area contributed by atoms with E-state index in [0.29, 0.717) is 18.2 Å². The number of allylic oxidation sites excluding steroid dienone is 1. The Morgan fingerprint density at radius 2 is 2.10 bits per heavy atom. The molecule has 0 unspecified atom stereocenters. The molecule has 0 saturated carbocycles. The molecule has 1 N–H and O–H groups in total. The second-order valence-electron chi connectivity index (χ2n) is 8.27. The molecule has 0 spiro atoms. The van der Waals surface area contributed by atoms with Gasteiger partial charge in [0.25, 0.3) is 5.91 Å². The van der Waals surface area contributed by atoms with Crippen LogP contribution >= 0.6 is 0 Å². The van der Waals surface area contributed by atoms with Crippen LogP contribution in [0.4, 0.5) is 0 Å². The van der Waals surface area contributed by atoms with Gasteiger partial charge in [0.15, 0.2) is 0 Å². The zero-order chi connectivity index (χ0) is 21.3. The lowest BCUT2D eigenvalue weighted by atomic mass is 10.0. The third-order valence-corrected chi connectivity index (χ3v) is 5.66. The number of likely N-dealkylation sites (tertiary alicyclic amines) is 1. The summed E-state index contributed by atoms with van der Waals surface area (Å²) in [4.78, 5) is 19.1. The van der Waals surface area contributed by atoms with Gasteiger partial charge in [-0.3, -0.25) is 9.78 Å². The van der Waals surface area contributed by atoms with E-state index in [-0.39, 0.29) is 12.0 Å². The average molecular weight is 408 g/mol. The molecule has 1 saturated heterocycles. The first kappa shape index (κ1) is 22.0. The summed E-state index contributed by atoms with van der Waals surface area (Å²) >= 11 is 0. The Hall–Kier alpha value is -2.66. The van der Waals surface area contributed by atoms with E-state index in [0.717, 1.165) is 50.1 Å². The molecular formula is C25H33N3O2. The molecule has 5 heteroatoms. The second kappa shape index (κ2) is 10.9. The predicted octanol–water partition coefficient (Wildman–Crippen LogP) is 4.60. The summed E-state index contributed by atoms with van der Waals surface area (Å²) < 4.78 is 6.20. The Kier molecular flexibility index (Phi) is 8.03. The van der Waals surface area contributed by atoms with Crippen molar-refractivity contribution in [1.82, 2.24) is 15.2 Å². The van der Waals surface area contributed by atoms with Crippen LogP contribution in [0.2, 0.25) is 0 Å². The minimum absolute atomic E-state index is 0.106. The fourth-order valence-corrected chi connectivity index (χ4v) is 3.76. The molecule has 2 heterocycles. The number of nitrogens with zero attached hydrogens (tertiary/aromatic N) is 2. The Labute approximate surface area is 180 Å². The van der Waals surface area contributed by atoms with Crippen molar-refractivity contribution in [3.05, 3.63) is 72.1 Å². The first-order valence-electron chi connectivity index (χ1n) is 10.8. The lowest BCUT2D eigenvalue weighted by molar-refractivity contribution is 0.0773. The Balaban J connectivity index is 1.47. The third-order valence-electron chi connectivity index (χ3n) is 5.66. The van der Waals surface area contributed by atoms with Crippen LogP contribution < -0.4 is 10.1 Å². The van der Waals surface area contributed by atoms with Crippen molar-refractivity contribution in [2.75, 3.05) is 13.1 Å². The number of carbonyl (C=O) groups excluding carboxylic acids is 1. The van der Waals surface area contributed by atoms with Gasteiger partial charge in [-0.05, 0) is 69.4 Å². The molecule has 160 valence electrons. The molecule has 0 aliphatic carbocycles. The normalized spacial score (nSPS) is 16.1. The van der Waals surface area contributed by atoms with Gasteiger partial charge in [-0.1, -0.05) is 17.7 Å². The number of rotatable bonds is 9. The van der Waals surface area contributed by atoms with Crippen LogP contribution in [-0.4, -0.2) is 41.0 Å². The number of hydrogen-bond acceptors (Lipinski definition) is 4. The maximum absolute atomic E-state index is 12.5. The molecule has 1 fully saturated rings. The van der Waals surface area contributed by atoms with E-state index in [9.17, 15) is 4.79 Å². The van der Waals surface area contributed by atoms with Crippen LogP contribution in [0.15, 0.2) is 60.9 Å². The van der Waals surface area contributed by atoms with Crippen molar-refractivity contribution < 1.29 is 9.53 Å². The van der Waals surface area contributed by atoms with E-state index in [4.69, 9.17) is 4.74 Å². The molecule has 1 amide bonds. The van der Waals surface area contributed by atoms with Crippen LogP contribution in [0.3, 0.4) is 0 Å². The topological polar surface area (TPSA) is 54.5 Å². The summed E-state index contributed by atoms with van der Waals surface area (Å²) in [6.45, 7) is 11.0. The predicted molar refractivity (Wildman–Crippen MR) is 121 cm³/mol. The summed E-state index contributed by atoms with van der Waals surface area (Å²) in [5.74, 6) is 0.656. The maximum Gasteiger partial charge on any atom is 0.251 e. The Bertz CT molecular complexity index is 829. The number of hydrogen-bond donors (Lipinski definition) is 1. The Morgan fingerprint density at radius 3 is 2.80 bits per heavy atom. The van der Waals surface area contributed by atoms with Crippen LogP contribution in [0.1, 0.15) is 55.5 Å². The molecule has 1 aromatic carbocycles. The number of nitrogens with one attached hydrogen (secondary N) is 1. The fraction of sp³-hybridized carbons (Fsp3) is 0.440. The number of benzene rings is 1. The lowest BCUT2D eigenvalue weighted by Gasteiger charge is -2.36. The summed E-state index contributed by atoms with van der Waals surface area (Å²) in [6, 6.07) is 11.8. The van der Waals surface area contributed by atoms with Crippen LogP contribution in [-0.2, 0) is 6.54 Å².